The first-order valence-corrected chi connectivity index (χ1v) is 5.94. The second kappa shape index (κ2) is 4.49. The van der Waals surface area contributed by atoms with E-state index in [1.54, 1.807) is 17.4 Å². The lowest BCUT2D eigenvalue weighted by Gasteiger charge is -2.11. The van der Waals surface area contributed by atoms with Crippen molar-refractivity contribution >= 4 is 23.0 Å². The maximum Gasteiger partial charge on any atom is 0.128 e. The van der Waals surface area contributed by atoms with Gasteiger partial charge in [0.2, 0.25) is 0 Å². The van der Waals surface area contributed by atoms with Crippen molar-refractivity contribution in [2.45, 2.75) is 19.9 Å². The Morgan fingerprint density at radius 1 is 1.38 bits per heavy atom. The Hall–Kier alpha value is -1.62. The molecule has 2 rings (SSSR count). The number of aromatic nitrogens is 2. The second-order valence-electron chi connectivity index (χ2n) is 3.64. The number of aryl methyl sites for hydroxylation is 1. The van der Waals surface area contributed by atoms with Crippen molar-refractivity contribution in [2.24, 2.45) is 0 Å². The van der Waals surface area contributed by atoms with Crippen LogP contribution in [0.3, 0.4) is 0 Å². The van der Waals surface area contributed by atoms with Crippen molar-refractivity contribution in [2.75, 3.05) is 11.1 Å². The van der Waals surface area contributed by atoms with Crippen LogP contribution in [0.5, 0.6) is 0 Å². The summed E-state index contributed by atoms with van der Waals surface area (Å²) in [5.74, 6) is 1.30. The Morgan fingerprint density at radius 3 is 2.81 bits per heavy atom. The standard InChI is InChI=1S/C11H14N4S/c1-7-6-16-11(13-7)8(2)14-10-5-3-4-9(12)15-10/h3-6,8H,1-2H3,(H3,12,14,15). The molecule has 2 heterocycles. The van der Waals surface area contributed by atoms with Gasteiger partial charge in [-0.3, -0.25) is 0 Å². The number of thiazole rings is 1. The van der Waals surface area contributed by atoms with E-state index in [0.29, 0.717) is 5.82 Å². The molecule has 1 atom stereocenters. The van der Waals surface area contributed by atoms with Crippen LogP contribution in [0.25, 0.3) is 0 Å². The van der Waals surface area contributed by atoms with Crippen molar-refractivity contribution in [3.05, 3.63) is 34.3 Å². The van der Waals surface area contributed by atoms with E-state index in [2.05, 4.69) is 22.2 Å². The lowest BCUT2D eigenvalue weighted by Crippen LogP contribution is -2.08. The summed E-state index contributed by atoms with van der Waals surface area (Å²) in [6, 6.07) is 5.69. The lowest BCUT2D eigenvalue weighted by atomic mass is 10.3. The second-order valence-corrected chi connectivity index (χ2v) is 4.53. The van der Waals surface area contributed by atoms with E-state index in [4.69, 9.17) is 5.73 Å². The molecule has 84 valence electrons. The van der Waals surface area contributed by atoms with E-state index in [0.717, 1.165) is 16.5 Å². The molecule has 0 bridgehead atoms. The SMILES string of the molecule is Cc1csc(C(C)Nc2cccc(N)n2)n1. The van der Waals surface area contributed by atoms with E-state index in [1.165, 1.54) is 0 Å². The number of hydrogen-bond donors (Lipinski definition) is 2. The quantitative estimate of drug-likeness (QED) is 0.856. The van der Waals surface area contributed by atoms with Crippen LogP contribution in [0.2, 0.25) is 0 Å². The molecule has 2 aromatic heterocycles. The van der Waals surface area contributed by atoms with Crippen LogP contribution < -0.4 is 11.1 Å². The number of nitrogens with two attached hydrogens (primary N) is 1. The van der Waals surface area contributed by atoms with Gasteiger partial charge in [0.15, 0.2) is 0 Å². The van der Waals surface area contributed by atoms with Crippen molar-refractivity contribution in [3.8, 4) is 0 Å². The third-order valence-corrected chi connectivity index (χ3v) is 3.29. The largest absolute Gasteiger partial charge is 0.384 e. The van der Waals surface area contributed by atoms with Crippen molar-refractivity contribution in [1.29, 1.82) is 0 Å². The summed E-state index contributed by atoms with van der Waals surface area (Å²) in [6.07, 6.45) is 0. The zero-order valence-corrected chi connectivity index (χ0v) is 10.1. The van der Waals surface area contributed by atoms with Gasteiger partial charge in [-0.05, 0) is 26.0 Å². The topological polar surface area (TPSA) is 63.8 Å². The van der Waals surface area contributed by atoms with Gasteiger partial charge < -0.3 is 11.1 Å². The van der Waals surface area contributed by atoms with Crippen molar-refractivity contribution < 1.29 is 0 Å². The fourth-order valence-corrected chi connectivity index (χ4v) is 2.19. The first-order chi connectivity index (χ1) is 7.65. The van der Waals surface area contributed by atoms with Gasteiger partial charge in [-0.2, -0.15) is 0 Å². The fraction of sp³-hybridized carbons (Fsp3) is 0.273. The summed E-state index contributed by atoms with van der Waals surface area (Å²) < 4.78 is 0. The predicted molar refractivity (Wildman–Crippen MR) is 67.5 cm³/mol. The average Bonchev–Trinajstić information content (AvgIpc) is 2.65. The Balaban J connectivity index is 2.10. The van der Waals surface area contributed by atoms with Crippen molar-refractivity contribution in [3.63, 3.8) is 0 Å². The number of rotatable bonds is 3. The van der Waals surface area contributed by atoms with Gasteiger partial charge in [0, 0.05) is 11.1 Å². The predicted octanol–water partition coefficient (Wildman–Crippen LogP) is 2.60. The van der Waals surface area contributed by atoms with Crippen LogP contribution >= 0.6 is 11.3 Å². The summed E-state index contributed by atoms with van der Waals surface area (Å²) in [5, 5.41) is 6.37. The minimum absolute atomic E-state index is 0.146. The minimum Gasteiger partial charge on any atom is -0.384 e. The highest BCUT2D eigenvalue weighted by molar-refractivity contribution is 7.09. The number of nitrogens with zero attached hydrogens (tertiary/aromatic N) is 2. The van der Waals surface area contributed by atoms with Crippen LogP contribution in [-0.2, 0) is 0 Å². The molecule has 0 spiro atoms. The summed E-state index contributed by atoms with van der Waals surface area (Å²) >= 11 is 1.65. The molecule has 0 radical (unpaired) electrons. The van der Waals surface area contributed by atoms with Gasteiger partial charge in [0.25, 0.3) is 0 Å². The number of nitrogens with one attached hydrogen (secondary N) is 1. The Kier molecular flexibility index (Phi) is 3.05. The normalized spacial score (nSPS) is 12.4. The number of anilines is 2. The molecule has 0 saturated carbocycles. The molecule has 0 aliphatic carbocycles. The number of hydrogen-bond acceptors (Lipinski definition) is 5. The molecule has 3 N–H and O–H groups in total. The van der Waals surface area contributed by atoms with Gasteiger partial charge in [-0.25, -0.2) is 9.97 Å². The third-order valence-electron chi connectivity index (χ3n) is 2.14. The first kappa shape index (κ1) is 10.9. The molecule has 0 aliphatic rings. The summed E-state index contributed by atoms with van der Waals surface area (Å²) in [4.78, 5) is 8.62. The monoisotopic (exact) mass is 234 g/mol. The Labute approximate surface area is 98.6 Å². The van der Waals surface area contributed by atoms with E-state index in [-0.39, 0.29) is 6.04 Å². The van der Waals surface area contributed by atoms with Crippen LogP contribution in [0.1, 0.15) is 23.7 Å². The van der Waals surface area contributed by atoms with Gasteiger partial charge in [0.1, 0.15) is 16.6 Å². The fourth-order valence-electron chi connectivity index (χ4n) is 1.39. The van der Waals surface area contributed by atoms with E-state index < -0.39 is 0 Å². The molecule has 0 aliphatic heterocycles. The summed E-state index contributed by atoms with van der Waals surface area (Å²) in [5.41, 5.74) is 6.66. The average molecular weight is 234 g/mol. The van der Waals surface area contributed by atoms with Gasteiger partial charge in [-0.15, -0.1) is 11.3 Å². The minimum atomic E-state index is 0.146. The molecular weight excluding hydrogens is 220 g/mol. The molecule has 5 heteroatoms. The zero-order valence-electron chi connectivity index (χ0n) is 9.27. The van der Waals surface area contributed by atoms with Crippen LogP contribution in [-0.4, -0.2) is 9.97 Å². The van der Waals surface area contributed by atoms with Crippen molar-refractivity contribution in [1.82, 2.24) is 9.97 Å². The van der Waals surface area contributed by atoms with E-state index >= 15 is 0 Å². The molecule has 16 heavy (non-hydrogen) atoms. The third kappa shape index (κ3) is 2.49. The molecule has 0 aromatic carbocycles. The molecular formula is C11H14N4S. The first-order valence-electron chi connectivity index (χ1n) is 5.06. The number of pyridine rings is 1. The Morgan fingerprint density at radius 2 is 2.19 bits per heavy atom. The van der Waals surface area contributed by atoms with Gasteiger partial charge in [0.05, 0.1) is 6.04 Å². The highest BCUT2D eigenvalue weighted by atomic mass is 32.1. The van der Waals surface area contributed by atoms with Crippen LogP contribution in [0.4, 0.5) is 11.6 Å². The van der Waals surface area contributed by atoms with E-state index in [9.17, 15) is 0 Å². The molecule has 0 fully saturated rings. The molecule has 2 aromatic rings. The van der Waals surface area contributed by atoms with Gasteiger partial charge >= 0.3 is 0 Å². The Bertz CT molecular complexity index is 480. The molecule has 0 saturated heterocycles. The summed E-state index contributed by atoms with van der Waals surface area (Å²) in [7, 11) is 0. The maximum atomic E-state index is 5.61. The van der Waals surface area contributed by atoms with E-state index in [1.807, 2.05) is 24.4 Å². The highest BCUT2D eigenvalue weighted by Gasteiger charge is 2.09. The van der Waals surface area contributed by atoms with Crippen LogP contribution in [0.15, 0.2) is 23.6 Å². The molecule has 4 nitrogen and oxygen atoms in total. The highest BCUT2D eigenvalue weighted by Crippen LogP contribution is 2.21. The summed E-state index contributed by atoms with van der Waals surface area (Å²) in [6.45, 7) is 4.05. The number of nitrogen functional groups attached to an aromatic ring is 1. The maximum absolute atomic E-state index is 5.61. The van der Waals surface area contributed by atoms with Gasteiger partial charge in [-0.1, -0.05) is 6.07 Å². The van der Waals surface area contributed by atoms with Crippen LogP contribution in [0, 0.1) is 6.92 Å². The molecule has 0 amide bonds. The smallest absolute Gasteiger partial charge is 0.128 e. The lowest BCUT2D eigenvalue weighted by molar-refractivity contribution is 0.856. The molecule has 1 unspecified atom stereocenters. The zero-order chi connectivity index (χ0) is 11.5.